The van der Waals surface area contributed by atoms with Crippen LogP contribution in [0.4, 0.5) is 11.4 Å². The molecule has 1 aliphatic carbocycles. The van der Waals surface area contributed by atoms with Crippen molar-refractivity contribution in [3.05, 3.63) is 118 Å². The summed E-state index contributed by atoms with van der Waals surface area (Å²) in [5.74, 6) is -0.315. The van der Waals surface area contributed by atoms with Crippen LogP contribution in [0.2, 0.25) is 0 Å². The monoisotopic (exact) mass is 824 g/mol. The summed E-state index contributed by atoms with van der Waals surface area (Å²) in [5.41, 5.74) is 3.99. The summed E-state index contributed by atoms with van der Waals surface area (Å²) in [4.78, 5) is 2.43. The molecule has 4 aromatic carbocycles. The van der Waals surface area contributed by atoms with Gasteiger partial charge in [0.2, 0.25) is 16.1 Å². The molecule has 0 radical (unpaired) electrons. The molecule has 0 bridgehead atoms. The van der Waals surface area contributed by atoms with E-state index in [-0.39, 0.29) is 16.7 Å². The van der Waals surface area contributed by atoms with Crippen LogP contribution < -0.4 is 4.48 Å². The van der Waals surface area contributed by atoms with Crippen molar-refractivity contribution in [1.29, 1.82) is 0 Å². The molecule has 0 aromatic heterocycles. The van der Waals surface area contributed by atoms with Crippen LogP contribution in [0.1, 0.15) is 25.7 Å². The van der Waals surface area contributed by atoms with Crippen molar-refractivity contribution in [2.24, 2.45) is 0 Å². The first-order chi connectivity index (χ1) is 25.5. The number of hydrogen-bond donors (Lipinski definition) is 2. The third-order valence-corrected chi connectivity index (χ3v) is 20.0. The summed E-state index contributed by atoms with van der Waals surface area (Å²) >= 11 is 7.17. The third kappa shape index (κ3) is 5.96. The van der Waals surface area contributed by atoms with Crippen LogP contribution >= 0.6 is 31.7 Å². The molecule has 0 saturated carbocycles. The van der Waals surface area contributed by atoms with E-state index in [4.69, 9.17) is 11.6 Å². The Morgan fingerprint density at radius 2 is 1.46 bits per heavy atom. The SMILES string of the molecule is CS1(C)C(C=CC2=C(Cl)/C(=C/C=C3[N+]4(CCC4S(=O)(=O)O)c4ccc5ccccc5c4S3(C)C)CC2)=[N+](CCCS(=O)(=O)O)c2ccc3ccccc3c21. The minimum absolute atomic E-state index is 0.123. The van der Waals surface area contributed by atoms with Crippen molar-refractivity contribution in [2.75, 3.05) is 43.9 Å². The lowest BCUT2D eigenvalue weighted by atomic mass is 10.0. The van der Waals surface area contributed by atoms with Gasteiger partial charge in [-0.3, -0.25) is 9.11 Å². The van der Waals surface area contributed by atoms with Crippen LogP contribution in [0, 0.1) is 0 Å². The van der Waals surface area contributed by atoms with Gasteiger partial charge in [0, 0.05) is 46.5 Å². The predicted molar refractivity (Wildman–Crippen MR) is 228 cm³/mol. The molecule has 2 N–H and O–H groups in total. The molecule has 4 aliphatic rings. The molecule has 8 nitrogen and oxygen atoms in total. The third-order valence-electron chi connectivity index (χ3n) is 11.6. The molecule has 2 atom stereocenters. The van der Waals surface area contributed by atoms with E-state index in [1.165, 1.54) is 15.2 Å². The number of allylic oxidation sites excluding steroid dienone is 6. The molecule has 0 amide bonds. The number of nitrogens with zero attached hydrogens (tertiary/aromatic N) is 2. The summed E-state index contributed by atoms with van der Waals surface area (Å²) in [7, 11) is -11.6. The Labute approximate surface area is 325 Å². The van der Waals surface area contributed by atoms with Crippen LogP contribution in [0.15, 0.2) is 128 Å². The van der Waals surface area contributed by atoms with Crippen molar-refractivity contribution in [3.8, 4) is 0 Å². The highest BCUT2D eigenvalue weighted by atomic mass is 35.5. The van der Waals surface area contributed by atoms with E-state index in [1.54, 1.807) is 0 Å². The topological polar surface area (TPSA) is 112 Å². The van der Waals surface area contributed by atoms with Crippen molar-refractivity contribution in [3.63, 3.8) is 0 Å². The second-order valence-corrected chi connectivity index (χ2v) is 25.8. The van der Waals surface area contributed by atoms with Gasteiger partial charge in [-0.25, -0.2) is 4.48 Å². The van der Waals surface area contributed by atoms with Crippen LogP contribution in [0.5, 0.6) is 0 Å². The van der Waals surface area contributed by atoms with Crippen LogP contribution in [-0.4, -0.2) is 84.8 Å². The highest BCUT2D eigenvalue weighted by Gasteiger charge is 2.65. The van der Waals surface area contributed by atoms with Gasteiger partial charge in [-0.1, -0.05) is 72.3 Å². The number of fused-ring (bicyclic) bond motifs is 7. The first kappa shape index (κ1) is 37.7. The van der Waals surface area contributed by atoms with Gasteiger partial charge in [-0.05, 0) is 71.9 Å². The van der Waals surface area contributed by atoms with Crippen LogP contribution in [-0.2, 0) is 20.2 Å². The molecule has 3 aliphatic heterocycles. The van der Waals surface area contributed by atoms with Crippen LogP contribution in [0.25, 0.3) is 21.5 Å². The van der Waals surface area contributed by atoms with Gasteiger partial charge >= 0.3 is 10.1 Å². The molecule has 4 aromatic rings. The molecule has 8 rings (SSSR count). The van der Waals surface area contributed by atoms with E-state index in [1.807, 2.05) is 24.3 Å². The van der Waals surface area contributed by atoms with E-state index < -0.39 is 45.7 Å². The summed E-state index contributed by atoms with van der Waals surface area (Å²) in [5, 5.41) is 6.37. The molecule has 1 fully saturated rings. The first-order valence-corrected chi connectivity index (χ1v) is 26.3. The van der Waals surface area contributed by atoms with Gasteiger partial charge in [0.05, 0.1) is 28.5 Å². The minimum Gasteiger partial charge on any atom is -0.286 e. The van der Waals surface area contributed by atoms with E-state index in [9.17, 15) is 25.9 Å². The van der Waals surface area contributed by atoms with Crippen molar-refractivity contribution >= 4 is 89.9 Å². The Morgan fingerprint density at radius 1 is 0.815 bits per heavy atom. The van der Waals surface area contributed by atoms with Gasteiger partial charge in [0.15, 0.2) is 17.3 Å². The fourth-order valence-corrected chi connectivity index (χ4v) is 17.2. The number of rotatable bonds is 8. The number of quaternary nitrogens is 1. The number of halogens is 1. The molecule has 1 spiro atoms. The van der Waals surface area contributed by atoms with E-state index >= 15 is 0 Å². The standard InChI is InChI=1S/C41H43ClN2O6S4/c1-51(2)36(43(25-9-27-53(45,46)47)34-20-16-28-10-5-7-12-32(28)40(34)51)22-18-30-14-15-31(39(30)42)19-23-37-44(26-24-38(44)54(48,49)50)35-21-17-29-11-6-8-13-33(29)41(35)52(37,3)4/h5-8,10-13,16-23,38H,9,14-15,24-27H2,1-4H3/p+2/b22-18?,31-19+,37-23?. The largest absolute Gasteiger partial charge is 0.320 e. The summed E-state index contributed by atoms with van der Waals surface area (Å²) < 4.78 is 71.4. The van der Waals surface area contributed by atoms with E-state index in [0.717, 1.165) is 61.6 Å². The quantitative estimate of drug-likeness (QED) is 0.104. The highest BCUT2D eigenvalue weighted by Crippen LogP contribution is 2.73. The maximum absolute atomic E-state index is 12.9. The maximum atomic E-state index is 12.9. The molecule has 1 saturated heterocycles. The Morgan fingerprint density at radius 3 is 2.09 bits per heavy atom. The molecular weight excluding hydrogens is 780 g/mol. The lowest BCUT2D eigenvalue weighted by Gasteiger charge is -2.49. The van der Waals surface area contributed by atoms with Crippen molar-refractivity contribution in [1.82, 2.24) is 4.48 Å². The molecule has 284 valence electrons. The summed E-state index contributed by atoms with van der Waals surface area (Å²) in [6.07, 6.45) is 19.5. The van der Waals surface area contributed by atoms with Gasteiger partial charge < -0.3 is 0 Å². The average molecular weight is 826 g/mol. The number of hydrogen-bond acceptors (Lipinski definition) is 4. The second-order valence-electron chi connectivity index (χ2n) is 15.3. The Bertz CT molecular complexity index is 2680. The predicted octanol–water partition coefficient (Wildman–Crippen LogP) is 9.42. The normalized spacial score (nSPS) is 26.0. The van der Waals surface area contributed by atoms with Gasteiger partial charge in [-0.15, -0.1) is 20.1 Å². The zero-order valence-electron chi connectivity index (χ0n) is 30.7. The Hall–Kier alpha value is -3.20. The first-order valence-electron chi connectivity index (χ1n) is 17.9. The Kier molecular flexibility index (Phi) is 9.22. The number of benzene rings is 4. The highest BCUT2D eigenvalue weighted by molar-refractivity contribution is 8.45. The van der Waals surface area contributed by atoms with Gasteiger partial charge in [0.25, 0.3) is 10.1 Å². The van der Waals surface area contributed by atoms with Gasteiger partial charge in [0.1, 0.15) is 0 Å². The summed E-state index contributed by atoms with van der Waals surface area (Å²) in [6.45, 7) is 1.03. The zero-order chi connectivity index (χ0) is 38.4. The molecule has 13 heteroatoms. The lowest BCUT2D eigenvalue weighted by molar-refractivity contribution is -0.437. The zero-order valence-corrected chi connectivity index (χ0v) is 34.7. The minimum atomic E-state index is -4.34. The van der Waals surface area contributed by atoms with E-state index in [2.05, 4.69) is 102 Å². The molecule has 3 heterocycles. The van der Waals surface area contributed by atoms with Crippen molar-refractivity contribution < 1.29 is 30.5 Å². The molecular formula is C41H45ClN2O6S4+2. The smallest absolute Gasteiger partial charge is 0.286 e. The second kappa shape index (κ2) is 13.2. The molecule has 2 unspecified atom stereocenters. The van der Waals surface area contributed by atoms with Gasteiger partial charge in [-0.2, -0.15) is 21.4 Å². The van der Waals surface area contributed by atoms with E-state index in [0.29, 0.717) is 24.5 Å². The fourth-order valence-electron chi connectivity index (χ4n) is 9.14. The Balaban J connectivity index is 1.19. The fraction of sp³-hybridized carbons (Fsp3) is 0.293. The average Bonchev–Trinajstić information content (AvgIpc) is 3.63. The lowest BCUT2D eigenvalue weighted by Crippen LogP contribution is -2.67. The molecule has 54 heavy (non-hydrogen) atoms. The van der Waals surface area contributed by atoms with Crippen molar-refractivity contribution in [2.45, 2.75) is 40.8 Å². The maximum Gasteiger partial charge on any atom is 0.320 e. The van der Waals surface area contributed by atoms with Crippen LogP contribution in [0.3, 0.4) is 0 Å². The summed E-state index contributed by atoms with van der Waals surface area (Å²) in [6, 6.07) is 24.9.